The lowest BCUT2D eigenvalue weighted by Gasteiger charge is -2.34. The highest BCUT2D eigenvalue weighted by Gasteiger charge is 2.23. The van der Waals surface area contributed by atoms with Crippen molar-refractivity contribution in [2.24, 2.45) is 0 Å². The number of amides is 1. The standard InChI is InChI=1S/C21H20F2N4O2/c1-14-2-3-16(12-18(14)23)20-24-19(29-25-20)13-26-8-10-27(11-9-26)21(28)15-4-6-17(22)7-5-15/h2-7,12H,8-11,13H2,1H3. The lowest BCUT2D eigenvalue weighted by atomic mass is 10.1. The first-order chi connectivity index (χ1) is 14.0. The molecule has 0 bridgehead atoms. The van der Waals surface area contributed by atoms with E-state index in [4.69, 9.17) is 4.52 Å². The minimum atomic E-state index is -0.362. The van der Waals surface area contributed by atoms with Gasteiger partial charge in [0, 0.05) is 37.3 Å². The summed E-state index contributed by atoms with van der Waals surface area (Å²) in [7, 11) is 0. The molecule has 0 aliphatic carbocycles. The van der Waals surface area contributed by atoms with Crippen molar-refractivity contribution >= 4 is 5.91 Å². The molecule has 0 spiro atoms. The Bertz CT molecular complexity index is 1010. The molecule has 1 saturated heterocycles. The van der Waals surface area contributed by atoms with Crippen molar-refractivity contribution in [1.82, 2.24) is 19.9 Å². The van der Waals surface area contributed by atoms with E-state index >= 15 is 0 Å². The van der Waals surface area contributed by atoms with E-state index in [1.165, 1.54) is 30.3 Å². The zero-order valence-corrected chi connectivity index (χ0v) is 15.9. The second-order valence-electron chi connectivity index (χ2n) is 7.05. The van der Waals surface area contributed by atoms with Crippen molar-refractivity contribution in [3.63, 3.8) is 0 Å². The number of carbonyl (C=O) groups is 1. The number of hydrogen-bond acceptors (Lipinski definition) is 5. The Labute approximate surface area is 166 Å². The first kappa shape index (κ1) is 19.2. The molecule has 0 radical (unpaired) electrons. The Balaban J connectivity index is 1.34. The molecule has 2 heterocycles. The van der Waals surface area contributed by atoms with Crippen LogP contribution in [0.5, 0.6) is 0 Å². The molecule has 8 heteroatoms. The van der Waals surface area contributed by atoms with Crippen LogP contribution in [0.3, 0.4) is 0 Å². The van der Waals surface area contributed by atoms with Crippen LogP contribution >= 0.6 is 0 Å². The van der Waals surface area contributed by atoms with E-state index in [1.807, 2.05) is 0 Å². The van der Waals surface area contributed by atoms with Crippen molar-refractivity contribution in [2.75, 3.05) is 26.2 Å². The monoisotopic (exact) mass is 398 g/mol. The molecule has 0 unspecified atom stereocenters. The molecule has 0 saturated carbocycles. The highest BCUT2D eigenvalue weighted by atomic mass is 19.1. The molecule has 1 amide bonds. The number of nitrogens with zero attached hydrogens (tertiary/aromatic N) is 4. The maximum atomic E-state index is 13.7. The number of benzene rings is 2. The van der Waals surface area contributed by atoms with Gasteiger partial charge in [-0.15, -0.1) is 0 Å². The van der Waals surface area contributed by atoms with E-state index in [2.05, 4.69) is 15.0 Å². The second-order valence-corrected chi connectivity index (χ2v) is 7.05. The van der Waals surface area contributed by atoms with Gasteiger partial charge in [0.1, 0.15) is 11.6 Å². The SMILES string of the molecule is Cc1ccc(-c2noc(CN3CCN(C(=O)c4ccc(F)cc4)CC3)n2)cc1F. The Morgan fingerprint density at radius 3 is 2.48 bits per heavy atom. The number of hydrogen-bond donors (Lipinski definition) is 0. The molecule has 1 fully saturated rings. The van der Waals surface area contributed by atoms with Crippen molar-refractivity contribution in [3.8, 4) is 11.4 Å². The number of piperazine rings is 1. The molecule has 1 aliphatic heterocycles. The Morgan fingerprint density at radius 2 is 1.79 bits per heavy atom. The smallest absolute Gasteiger partial charge is 0.253 e. The third kappa shape index (κ3) is 4.32. The van der Waals surface area contributed by atoms with Crippen molar-refractivity contribution in [3.05, 3.63) is 71.1 Å². The van der Waals surface area contributed by atoms with E-state index in [0.29, 0.717) is 61.1 Å². The summed E-state index contributed by atoms with van der Waals surface area (Å²) < 4.78 is 32.1. The first-order valence-corrected chi connectivity index (χ1v) is 9.36. The Kier molecular flexibility index (Phi) is 5.35. The lowest BCUT2D eigenvalue weighted by molar-refractivity contribution is 0.0615. The first-order valence-electron chi connectivity index (χ1n) is 9.36. The van der Waals surface area contributed by atoms with Crippen LogP contribution in [-0.4, -0.2) is 52.0 Å². The average molecular weight is 398 g/mol. The summed E-state index contributed by atoms with van der Waals surface area (Å²) in [6, 6.07) is 10.4. The molecule has 2 aromatic carbocycles. The van der Waals surface area contributed by atoms with Crippen LogP contribution in [-0.2, 0) is 6.54 Å². The topological polar surface area (TPSA) is 62.5 Å². The third-order valence-corrected chi connectivity index (χ3v) is 5.01. The van der Waals surface area contributed by atoms with E-state index in [1.54, 1.807) is 24.0 Å². The summed E-state index contributed by atoms with van der Waals surface area (Å²) in [4.78, 5) is 20.7. The van der Waals surface area contributed by atoms with Gasteiger partial charge in [-0.05, 0) is 42.8 Å². The van der Waals surface area contributed by atoms with Gasteiger partial charge in [0.2, 0.25) is 11.7 Å². The van der Waals surface area contributed by atoms with Crippen LogP contribution in [0.4, 0.5) is 8.78 Å². The molecule has 4 rings (SSSR count). The molecule has 6 nitrogen and oxygen atoms in total. The van der Waals surface area contributed by atoms with Crippen molar-refractivity contribution < 1.29 is 18.1 Å². The van der Waals surface area contributed by atoms with Crippen molar-refractivity contribution in [1.29, 1.82) is 0 Å². The summed E-state index contributed by atoms with van der Waals surface area (Å²) in [6.07, 6.45) is 0. The van der Waals surface area contributed by atoms with Gasteiger partial charge in [0.25, 0.3) is 5.91 Å². The van der Waals surface area contributed by atoms with E-state index in [0.717, 1.165) is 0 Å². The maximum absolute atomic E-state index is 13.7. The minimum absolute atomic E-state index is 0.105. The molecule has 29 heavy (non-hydrogen) atoms. The summed E-state index contributed by atoms with van der Waals surface area (Å²) in [5.74, 6) is 0.0175. The summed E-state index contributed by atoms with van der Waals surface area (Å²) >= 11 is 0. The number of carbonyl (C=O) groups excluding carboxylic acids is 1. The predicted molar refractivity (Wildman–Crippen MR) is 102 cm³/mol. The third-order valence-electron chi connectivity index (χ3n) is 5.01. The minimum Gasteiger partial charge on any atom is -0.338 e. The zero-order chi connectivity index (χ0) is 20.4. The molecule has 1 aliphatic rings. The summed E-state index contributed by atoms with van der Waals surface area (Å²) in [5, 5.41) is 3.94. The van der Waals surface area contributed by atoms with Gasteiger partial charge in [-0.1, -0.05) is 17.3 Å². The van der Waals surface area contributed by atoms with E-state index in [9.17, 15) is 13.6 Å². The summed E-state index contributed by atoms with van der Waals surface area (Å²) in [5.41, 5.74) is 1.61. The van der Waals surface area contributed by atoms with Crippen LogP contribution in [0, 0.1) is 18.6 Å². The quantitative estimate of drug-likeness (QED) is 0.675. The molecule has 150 valence electrons. The second kappa shape index (κ2) is 8.08. The summed E-state index contributed by atoms with van der Waals surface area (Å²) in [6.45, 7) is 4.58. The highest BCUT2D eigenvalue weighted by Crippen LogP contribution is 2.20. The van der Waals surface area contributed by atoms with Crippen molar-refractivity contribution in [2.45, 2.75) is 13.5 Å². The van der Waals surface area contributed by atoms with Crippen LogP contribution in [0.1, 0.15) is 21.8 Å². The number of halogens is 2. The highest BCUT2D eigenvalue weighted by molar-refractivity contribution is 5.94. The normalized spacial score (nSPS) is 14.9. The lowest BCUT2D eigenvalue weighted by Crippen LogP contribution is -2.48. The Hall–Kier alpha value is -3.13. The van der Waals surface area contributed by atoms with Gasteiger partial charge in [0.05, 0.1) is 6.54 Å². The van der Waals surface area contributed by atoms with Crippen LogP contribution in [0.15, 0.2) is 47.0 Å². The van der Waals surface area contributed by atoms with Gasteiger partial charge >= 0.3 is 0 Å². The van der Waals surface area contributed by atoms with Gasteiger partial charge < -0.3 is 9.42 Å². The number of aromatic nitrogens is 2. The maximum Gasteiger partial charge on any atom is 0.253 e. The molecule has 0 N–H and O–H groups in total. The fourth-order valence-corrected chi connectivity index (χ4v) is 3.24. The van der Waals surface area contributed by atoms with Crippen LogP contribution in [0.2, 0.25) is 0 Å². The molecular weight excluding hydrogens is 378 g/mol. The number of aryl methyl sites for hydroxylation is 1. The van der Waals surface area contributed by atoms with E-state index < -0.39 is 0 Å². The van der Waals surface area contributed by atoms with Crippen LogP contribution in [0.25, 0.3) is 11.4 Å². The average Bonchev–Trinajstić information content (AvgIpc) is 3.19. The molecule has 1 aromatic heterocycles. The van der Waals surface area contributed by atoms with E-state index in [-0.39, 0.29) is 17.5 Å². The fraction of sp³-hybridized carbons (Fsp3) is 0.286. The zero-order valence-electron chi connectivity index (χ0n) is 15.9. The predicted octanol–water partition coefficient (Wildman–Crippen LogP) is 3.28. The fourth-order valence-electron chi connectivity index (χ4n) is 3.24. The Morgan fingerprint density at radius 1 is 1.07 bits per heavy atom. The number of rotatable bonds is 4. The van der Waals surface area contributed by atoms with Crippen LogP contribution < -0.4 is 0 Å². The largest absolute Gasteiger partial charge is 0.338 e. The van der Waals surface area contributed by atoms with Gasteiger partial charge in [-0.2, -0.15) is 4.98 Å². The van der Waals surface area contributed by atoms with Gasteiger partial charge in [-0.3, -0.25) is 9.69 Å². The molecular formula is C21H20F2N4O2. The van der Waals surface area contributed by atoms with Gasteiger partial charge in [0.15, 0.2) is 0 Å². The molecule has 0 atom stereocenters. The van der Waals surface area contributed by atoms with Gasteiger partial charge in [-0.25, -0.2) is 8.78 Å². The molecule has 3 aromatic rings.